The van der Waals surface area contributed by atoms with Crippen molar-refractivity contribution < 1.29 is 0 Å². The average molecular weight is 259 g/mol. The van der Waals surface area contributed by atoms with Gasteiger partial charge >= 0.3 is 0 Å². The zero-order valence-corrected chi connectivity index (χ0v) is 13.1. The Morgan fingerprint density at radius 3 is 2.33 bits per heavy atom. The van der Waals surface area contributed by atoms with Crippen LogP contribution in [0.25, 0.3) is 6.08 Å². The van der Waals surface area contributed by atoms with E-state index < -0.39 is 8.07 Å². The zero-order chi connectivity index (χ0) is 13.4. The van der Waals surface area contributed by atoms with Gasteiger partial charge in [0.15, 0.2) is 0 Å². The van der Waals surface area contributed by atoms with Crippen molar-refractivity contribution in [3.05, 3.63) is 54.1 Å². The summed E-state index contributed by atoms with van der Waals surface area (Å²) in [5.74, 6) is 0. The highest BCUT2D eigenvalue weighted by molar-refractivity contribution is 6.76. The summed E-state index contributed by atoms with van der Waals surface area (Å²) in [4.78, 5) is 2.40. The SMILES string of the molecule is CN(C/C=C/C=C/c1ccccc1)C[Si](C)(C)C. The quantitative estimate of drug-likeness (QED) is 0.550. The van der Waals surface area contributed by atoms with Crippen molar-refractivity contribution in [3.8, 4) is 0 Å². The second kappa shape index (κ2) is 7.34. The van der Waals surface area contributed by atoms with Gasteiger partial charge < -0.3 is 4.90 Å². The summed E-state index contributed by atoms with van der Waals surface area (Å²) in [5.41, 5.74) is 1.25. The van der Waals surface area contributed by atoms with E-state index in [4.69, 9.17) is 0 Å². The molecule has 0 fully saturated rings. The number of rotatable bonds is 6. The van der Waals surface area contributed by atoms with Crippen molar-refractivity contribution in [2.75, 3.05) is 19.8 Å². The molecule has 0 unspecified atom stereocenters. The smallest absolute Gasteiger partial charge is 0.0599 e. The molecule has 0 amide bonds. The largest absolute Gasteiger partial charge is 0.305 e. The molecule has 0 radical (unpaired) electrons. The van der Waals surface area contributed by atoms with E-state index in [2.05, 4.69) is 80.2 Å². The molecular formula is C16H25NSi. The molecule has 0 aliphatic rings. The monoisotopic (exact) mass is 259 g/mol. The molecule has 1 aromatic carbocycles. The van der Waals surface area contributed by atoms with Gasteiger partial charge in [0.1, 0.15) is 0 Å². The standard InChI is InChI=1S/C16H25NSi/c1-17(15-18(2,3)4)14-10-6-9-13-16-11-7-5-8-12-16/h5-13H,14-15H2,1-4H3/b10-6+,13-9+. The normalized spacial score (nSPS) is 12.9. The number of likely N-dealkylation sites (N-methyl/N-ethyl adjacent to an activating group) is 1. The molecule has 1 rings (SSSR count). The Balaban J connectivity index is 2.31. The number of allylic oxidation sites excluding steroid dienone is 2. The lowest BCUT2D eigenvalue weighted by atomic mass is 10.2. The van der Waals surface area contributed by atoms with E-state index in [1.807, 2.05) is 6.07 Å². The average Bonchev–Trinajstić information content (AvgIpc) is 2.27. The number of hydrogen-bond donors (Lipinski definition) is 0. The van der Waals surface area contributed by atoms with Gasteiger partial charge in [0.25, 0.3) is 0 Å². The maximum Gasteiger partial charge on any atom is 0.0599 e. The van der Waals surface area contributed by atoms with Gasteiger partial charge in [-0.1, -0.05) is 74.3 Å². The zero-order valence-electron chi connectivity index (χ0n) is 12.1. The molecule has 0 aliphatic heterocycles. The molecular weight excluding hydrogens is 234 g/mol. The van der Waals surface area contributed by atoms with Crippen molar-refractivity contribution in [1.82, 2.24) is 4.90 Å². The van der Waals surface area contributed by atoms with Crippen LogP contribution in [0.15, 0.2) is 48.6 Å². The van der Waals surface area contributed by atoms with Crippen LogP contribution < -0.4 is 0 Å². The van der Waals surface area contributed by atoms with E-state index in [0.717, 1.165) is 6.54 Å². The van der Waals surface area contributed by atoms with E-state index in [-0.39, 0.29) is 0 Å². The molecule has 98 valence electrons. The minimum absolute atomic E-state index is 0.967. The van der Waals surface area contributed by atoms with Gasteiger partial charge in [0, 0.05) is 6.54 Å². The Morgan fingerprint density at radius 2 is 1.72 bits per heavy atom. The molecule has 0 saturated carbocycles. The molecule has 0 spiro atoms. The Labute approximate surface area is 113 Å². The Hall–Kier alpha value is -1.12. The number of hydrogen-bond acceptors (Lipinski definition) is 1. The van der Waals surface area contributed by atoms with E-state index in [1.54, 1.807) is 0 Å². The Kier molecular flexibility index (Phi) is 6.09. The molecule has 18 heavy (non-hydrogen) atoms. The van der Waals surface area contributed by atoms with Crippen LogP contribution in [0.3, 0.4) is 0 Å². The lowest BCUT2D eigenvalue weighted by Gasteiger charge is -2.23. The summed E-state index contributed by atoms with van der Waals surface area (Å²) in [6.45, 7) is 8.25. The first-order valence-electron chi connectivity index (χ1n) is 6.54. The summed E-state index contributed by atoms with van der Waals surface area (Å²) >= 11 is 0. The van der Waals surface area contributed by atoms with Gasteiger partial charge in [0.2, 0.25) is 0 Å². The molecule has 1 aromatic rings. The second-order valence-electron chi connectivity index (χ2n) is 5.96. The first kappa shape index (κ1) is 14.9. The third-order valence-electron chi connectivity index (χ3n) is 2.50. The van der Waals surface area contributed by atoms with Crippen LogP contribution >= 0.6 is 0 Å². The van der Waals surface area contributed by atoms with E-state index in [9.17, 15) is 0 Å². The predicted molar refractivity (Wildman–Crippen MR) is 85.5 cm³/mol. The molecule has 1 nitrogen and oxygen atoms in total. The molecule has 0 N–H and O–H groups in total. The molecule has 0 saturated heterocycles. The summed E-state index contributed by atoms with van der Waals surface area (Å²) in [5, 5.41) is 0. The Bertz CT molecular complexity index is 387. The van der Waals surface area contributed by atoms with Gasteiger partial charge in [-0.3, -0.25) is 0 Å². The highest BCUT2D eigenvalue weighted by Gasteiger charge is 2.14. The molecule has 0 atom stereocenters. The highest BCUT2D eigenvalue weighted by Crippen LogP contribution is 2.03. The van der Waals surface area contributed by atoms with Crippen molar-refractivity contribution in [2.45, 2.75) is 19.6 Å². The van der Waals surface area contributed by atoms with Crippen LogP contribution in [0.2, 0.25) is 19.6 Å². The van der Waals surface area contributed by atoms with Crippen LogP contribution in [0, 0.1) is 0 Å². The summed E-state index contributed by atoms with van der Waals surface area (Å²) in [6.07, 6.45) is 9.85. The maximum atomic E-state index is 2.41. The predicted octanol–water partition coefficient (Wildman–Crippen LogP) is 4.07. The van der Waals surface area contributed by atoms with Gasteiger partial charge in [-0.25, -0.2) is 0 Å². The van der Waals surface area contributed by atoms with Crippen molar-refractivity contribution in [2.24, 2.45) is 0 Å². The third kappa shape index (κ3) is 7.25. The third-order valence-corrected chi connectivity index (χ3v) is 3.99. The van der Waals surface area contributed by atoms with Crippen LogP contribution in [-0.2, 0) is 0 Å². The highest BCUT2D eigenvalue weighted by atomic mass is 28.3. The molecule has 0 bridgehead atoms. The summed E-state index contributed by atoms with van der Waals surface area (Å²) in [6, 6.07) is 10.4. The van der Waals surface area contributed by atoms with Gasteiger partial charge in [-0.15, -0.1) is 0 Å². The lowest BCUT2D eigenvalue weighted by Crippen LogP contribution is -2.37. The van der Waals surface area contributed by atoms with Crippen LogP contribution in [0.4, 0.5) is 0 Å². The second-order valence-corrected chi connectivity index (χ2v) is 11.4. The number of nitrogens with zero attached hydrogens (tertiary/aromatic N) is 1. The van der Waals surface area contributed by atoms with Crippen molar-refractivity contribution >= 4 is 14.1 Å². The van der Waals surface area contributed by atoms with Gasteiger partial charge in [-0.05, 0) is 18.8 Å². The Morgan fingerprint density at radius 1 is 1.06 bits per heavy atom. The van der Waals surface area contributed by atoms with Crippen LogP contribution in [0.1, 0.15) is 5.56 Å². The lowest BCUT2D eigenvalue weighted by molar-refractivity contribution is 0.425. The van der Waals surface area contributed by atoms with Crippen molar-refractivity contribution in [1.29, 1.82) is 0 Å². The fourth-order valence-corrected chi connectivity index (χ4v) is 3.67. The fraction of sp³-hybridized carbons (Fsp3) is 0.375. The molecule has 0 aromatic heterocycles. The first-order chi connectivity index (χ1) is 8.47. The van der Waals surface area contributed by atoms with Crippen molar-refractivity contribution in [3.63, 3.8) is 0 Å². The molecule has 0 heterocycles. The number of benzene rings is 1. The van der Waals surface area contributed by atoms with E-state index >= 15 is 0 Å². The minimum Gasteiger partial charge on any atom is -0.305 e. The summed E-state index contributed by atoms with van der Waals surface area (Å²) in [7, 11) is 1.23. The topological polar surface area (TPSA) is 3.24 Å². The van der Waals surface area contributed by atoms with Gasteiger partial charge in [-0.2, -0.15) is 0 Å². The van der Waals surface area contributed by atoms with Crippen LogP contribution in [0.5, 0.6) is 0 Å². The van der Waals surface area contributed by atoms with E-state index in [1.165, 1.54) is 11.7 Å². The molecule has 2 heteroatoms. The maximum absolute atomic E-state index is 2.41. The van der Waals surface area contributed by atoms with E-state index in [0.29, 0.717) is 0 Å². The molecule has 0 aliphatic carbocycles. The summed E-state index contributed by atoms with van der Waals surface area (Å²) < 4.78 is 0. The minimum atomic E-state index is -0.967. The van der Waals surface area contributed by atoms with Crippen LogP contribution in [-0.4, -0.2) is 32.7 Å². The fourth-order valence-electron chi connectivity index (χ4n) is 1.92. The first-order valence-corrected chi connectivity index (χ1v) is 10.2. The van der Waals surface area contributed by atoms with Gasteiger partial charge in [0.05, 0.1) is 8.07 Å².